The zero-order valence-corrected chi connectivity index (χ0v) is 13.8. The van der Waals surface area contributed by atoms with Gasteiger partial charge in [0.1, 0.15) is 0 Å². The zero-order valence-electron chi connectivity index (χ0n) is 13.8. The molecule has 0 saturated carbocycles. The molecule has 0 aliphatic carbocycles. The molecule has 1 atom stereocenters. The second kappa shape index (κ2) is 7.46. The molecule has 118 valence electrons. The first-order valence-electron chi connectivity index (χ1n) is 7.50. The van der Waals surface area contributed by atoms with Crippen LogP contribution in [0.1, 0.15) is 50.0 Å². The fourth-order valence-electron chi connectivity index (χ4n) is 1.92. The Hall–Kier alpha value is -1.55. The lowest BCUT2D eigenvalue weighted by atomic mass is 9.96. The van der Waals surface area contributed by atoms with Crippen LogP contribution in [0.3, 0.4) is 0 Å². The largest absolute Gasteiger partial charge is 0.393 e. The number of aliphatic hydroxyl groups is 1. The Labute approximate surface area is 128 Å². The molecule has 0 aliphatic heterocycles. The number of anilines is 1. The second-order valence-corrected chi connectivity index (χ2v) is 6.79. The van der Waals surface area contributed by atoms with Crippen molar-refractivity contribution in [2.24, 2.45) is 5.41 Å². The molecule has 1 aromatic rings. The molecular formula is C17H28N2O2. The highest BCUT2D eigenvalue weighted by Gasteiger charge is 2.14. The van der Waals surface area contributed by atoms with E-state index >= 15 is 0 Å². The van der Waals surface area contributed by atoms with E-state index in [1.165, 1.54) is 0 Å². The van der Waals surface area contributed by atoms with E-state index in [-0.39, 0.29) is 11.3 Å². The summed E-state index contributed by atoms with van der Waals surface area (Å²) in [6.45, 7) is 11.5. The van der Waals surface area contributed by atoms with Gasteiger partial charge in [0.15, 0.2) is 0 Å². The number of amides is 1. The summed E-state index contributed by atoms with van der Waals surface area (Å²) >= 11 is 0. The Bertz CT molecular complexity index is 476. The Morgan fingerprint density at radius 3 is 2.57 bits per heavy atom. The van der Waals surface area contributed by atoms with Gasteiger partial charge in [0, 0.05) is 24.3 Å². The van der Waals surface area contributed by atoms with Gasteiger partial charge in [0.25, 0.3) is 5.91 Å². The molecule has 0 aromatic heterocycles. The van der Waals surface area contributed by atoms with Crippen molar-refractivity contribution in [1.82, 2.24) is 5.32 Å². The van der Waals surface area contributed by atoms with Gasteiger partial charge in [0.05, 0.1) is 6.10 Å². The van der Waals surface area contributed by atoms with Crippen LogP contribution in [0.4, 0.5) is 5.69 Å². The van der Waals surface area contributed by atoms with E-state index in [0.717, 1.165) is 17.8 Å². The highest BCUT2D eigenvalue weighted by Crippen LogP contribution is 2.21. The van der Waals surface area contributed by atoms with Gasteiger partial charge in [-0.1, -0.05) is 26.8 Å². The maximum absolute atomic E-state index is 12.2. The Kier molecular flexibility index (Phi) is 6.21. The van der Waals surface area contributed by atoms with Gasteiger partial charge in [-0.3, -0.25) is 4.79 Å². The van der Waals surface area contributed by atoms with Crippen molar-refractivity contribution in [3.63, 3.8) is 0 Å². The third kappa shape index (κ3) is 6.17. The van der Waals surface area contributed by atoms with E-state index in [1.807, 2.05) is 25.1 Å². The second-order valence-electron chi connectivity index (χ2n) is 6.79. The molecule has 3 N–H and O–H groups in total. The molecule has 1 aromatic carbocycles. The minimum absolute atomic E-state index is 0.0902. The SMILES string of the molecule is Cc1c(NCC(C)(C)C)cccc1C(=O)NCCC(C)O. The molecule has 1 amide bonds. The molecule has 0 fully saturated rings. The van der Waals surface area contributed by atoms with Gasteiger partial charge < -0.3 is 15.7 Å². The van der Waals surface area contributed by atoms with Crippen molar-refractivity contribution >= 4 is 11.6 Å². The van der Waals surface area contributed by atoms with Crippen molar-refractivity contribution in [1.29, 1.82) is 0 Å². The van der Waals surface area contributed by atoms with Crippen LogP contribution >= 0.6 is 0 Å². The average Bonchev–Trinajstić information content (AvgIpc) is 2.36. The van der Waals surface area contributed by atoms with Crippen molar-refractivity contribution in [2.45, 2.75) is 47.1 Å². The van der Waals surface area contributed by atoms with E-state index in [2.05, 4.69) is 31.4 Å². The lowest BCUT2D eigenvalue weighted by molar-refractivity contribution is 0.0945. The van der Waals surface area contributed by atoms with E-state index in [0.29, 0.717) is 18.5 Å². The first kappa shape index (κ1) is 17.5. The predicted molar refractivity (Wildman–Crippen MR) is 87.8 cm³/mol. The monoisotopic (exact) mass is 292 g/mol. The van der Waals surface area contributed by atoms with E-state index in [1.54, 1.807) is 6.92 Å². The molecule has 21 heavy (non-hydrogen) atoms. The minimum Gasteiger partial charge on any atom is -0.393 e. The summed E-state index contributed by atoms with van der Waals surface area (Å²) in [5.74, 6) is -0.0902. The summed E-state index contributed by atoms with van der Waals surface area (Å²) < 4.78 is 0. The number of hydrogen-bond acceptors (Lipinski definition) is 3. The number of rotatable bonds is 6. The number of aliphatic hydroxyl groups excluding tert-OH is 1. The van der Waals surface area contributed by atoms with Crippen LogP contribution in [0.5, 0.6) is 0 Å². The predicted octanol–water partition coefficient (Wildman–Crippen LogP) is 2.95. The Morgan fingerprint density at radius 1 is 1.33 bits per heavy atom. The van der Waals surface area contributed by atoms with Crippen LogP contribution < -0.4 is 10.6 Å². The number of benzene rings is 1. The molecule has 0 heterocycles. The summed E-state index contributed by atoms with van der Waals surface area (Å²) in [7, 11) is 0. The van der Waals surface area contributed by atoms with E-state index in [4.69, 9.17) is 0 Å². The third-order valence-corrected chi connectivity index (χ3v) is 3.24. The summed E-state index contributed by atoms with van der Waals surface area (Å²) in [5.41, 5.74) is 2.81. The molecule has 0 spiro atoms. The third-order valence-electron chi connectivity index (χ3n) is 3.24. The fourth-order valence-corrected chi connectivity index (χ4v) is 1.92. The Morgan fingerprint density at radius 2 is 2.00 bits per heavy atom. The number of carbonyl (C=O) groups excluding carboxylic acids is 1. The quantitative estimate of drug-likeness (QED) is 0.755. The van der Waals surface area contributed by atoms with Crippen molar-refractivity contribution in [3.8, 4) is 0 Å². The van der Waals surface area contributed by atoms with Crippen molar-refractivity contribution in [2.75, 3.05) is 18.4 Å². The van der Waals surface area contributed by atoms with Crippen LogP contribution in [-0.2, 0) is 0 Å². The topological polar surface area (TPSA) is 61.4 Å². The standard InChI is InChI=1S/C17H28N2O2/c1-12(20)9-10-18-16(21)14-7-6-8-15(13(14)2)19-11-17(3,4)5/h6-8,12,19-20H,9-11H2,1-5H3,(H,18,21). The first-order chi connectivity index (χ1) is 9.70. The summed E-state index contributed by atoms with van der Waals surface area (Å²) in [6.07, 6.45) is 0.165. The van der Waals surface area contributed by atoms with Gasteiger partial charge in [-0.2, -0.15) is 0 Å². The maximum Gasteiger partial charge on any atom is 0.251 e. The fraction of sp³-hybridized carbons (Fsp3) is 0.588. The average molecular weight is 292 g/mol. The smallest absolute Gasteiger partial charge is 0.251 e. The van der Waals surface area contributed by atoms with E-state index < -0.39 is 6.10 Å². The molecular weight excluding hydrogens is 264 g/mol. The lowest BCUT2D eigenvalue weighted by Gasteiger charge is -2.21. The maximum atomic E-state index is 12.2. The Balaban J connectivity index is 2.73. The number of carbonyl (C=O) groups is 1. The van der Waals surface area contributed by atoms with Gasteiger partial charge in [-0.25, -0.2) is 0 Å². The molecule has 0 radical (unpaired) electrons. The van der Waals surface area contributed by atoms with Crippen molar-refractivity contribution < 1.29 is 9.90 Å². The molecule has 4 nitrogen and oxygen atoms in total. The molecule has 0 aliphatic rings. The van der Waals surface area contributed by atoms with Crippen LogP contribution in [0.2, 0.25) is 0 Å². The normalized spacial score (nSPS) is 12.9. The highest BCUT2D eigenvalue weighted by atomic mass is 16.3. The van der Waals surface area contributed by atoms with Gasteiger partial charge in [-0.05, 0) is 43.4 Å². The molecule has 4 heteroatoms. The highest BCUT2D eigenvalue weighted by molar-refractivity contribution is 5.97. The molecule has 0 bridgehead atoms. The summed E-state index contributed by atoms with van der Waals surface area (Å²) in [6, 6.07) is 5.71. The lowest BCUT2D eigenvalue weighted by Crippen LogP contribution is -2.27. The molecule has 0 saturated heterocycles. The number of nitrogens with one attached hydrogen (secondary N) is 2. The van der Waals surface area contributed by atoms with Gasteiger partial charge in [-0.15, -0.1) is 0 Å². The summed E-state index contributed by atoms with van der Waals surface area (Å²) in [4.78, 5) is 12.2. The van der Waals surface area contributed by atoms with Crippen LogP contribution in [0.25, 0.3) is 0 Å². The summed E-state index contributed by atoms with van der Waals surface area (Å²) in [5, 5.41) is 15.5. The van der Waals surface area contributed by atoms with Gasteiger partial charge >= 0.3 is 0 Å². The van der Waals surface area contributed by atoms with Crippen LogP contribution in [-0.4, -0.2) is 30.2 Å². The molecule has 1 unspecified atom stereocenters. The number of hydrogen-bond donors (Lipinski definition) is 3. The van der Waals surface area contributed by atoms with Crippen LogP contribution in [0, 0.1) is 12.3 Å². The van der Waals surface area contributed by atoms with Gasteiger partial charge in [0.2, 0.25) is 0 Å². The molecule has 1 rings (SSSR count). The van der Waals surface area contributed by atoms with Crippen molar-refractivity contribution in [3.05, 3.63) is 29.3 Å². The first-order valence-corrected chi connectivity index (χ1v) is 7.50. The van der Waals surface area contributed by atoms with Crippen LogP contribution in [0.15, 0.2) is 18.2 Å². The zero-order chi connectivity index (χ0) is 16.0. The minimum atomic E-state index is -0.397. The van der Waals surface area contributed by atoms with E-state index in [9.17, 15) is 9.90 Å².